The minimum absolute atomic E-state index is 0.252. The first-order valence-corrected chi connectivity index (χ1v) is 8.34. The lowest BCUT2D eigenvalue weighted by Crippen LogP contribution is -2.25. The highest BCUT2D eigenvalue weighted by Gasteiger charge is 2.15. The minimum Gasteiger partial charge on any atom is -0.493 e. The number of benzene rings is 1. The lowest BCUT2D eigenvalue weighted by atomic mass is 10.1. The Morgan fingerprint density at radius 1 is 1.23 bits per heavy atom. The number of carbonyl (C=O) groups excluding carboxylic acids is 1. The molecule has 0 unspecified atom stereocenters. The molecule has 1 aromatic carbocycles. The van der Waals surface area contributed by atoms with Crippen LogP contribution < -0.4 is 4.74 Å². The van der Waals surface area contributed by atoms with Crippen molar-refractivity contribution in [1.82, 2.24) is 4.90 Å². The third kappa shape index (κ3) is 4.73. The maximum absolute atomic E-state index is 12.2. The van der Waals surface area contributed by atoms with Crippen LogP contribution >= 0.6 is 0 Å². The smallest absolute Gasteiger partial charge is 0.338 e. The normalized spacial score (nSPS) is 15.0. The summed E-state index contributed by atoms with van der Waals surface area (Å²) in [5.41, 5.74) is 1.47. The molecule has 0 bridgehead atoms. The predicted molar refractivity (Wildman–Crippen MR) is 87.5 cm³/mol. The van der Waals surface area contributed by atoms with Gasteiger partial charge in [-0.15, -0.1) is 0 Å². The summed E-state index contributed by atoms with van der Waals surface area (Å²) in [6.07, 6.45) is 4.62. The summed E-state index contributed by atoms with van der Waals surface area (Å²) < 4.78 is 11.2. The standard InChI is InChI=1S/C18H27NO3/c1-3-4-13-21-17-9-7-8-16(15(17)2)18(20)22-14-12-19-10-5-6-11-19/h7-9H,3-6,10-14H2,1-2H3. The van der Waals surface area contributed by atoms with Gasteiger partial charge in [-0.3, -0.25) is 4.90 Å². The summed E-state index contributed by atoms with van der Waals surface area (Å²) in [5.74, 6) is 0.528. The predicted octanol–water partition coefficient (Wildman–Crippen LogP) is 3.43. The summed E-state index contributed by atoms with van der Waals surface area (Å²) >= 11 is 0. The van der Waals surface area contributed by atoms with Gasteiger partial charge in [0.15, 0.2) is 0 Å². The number of likely N-dealkylation sites (tertiary alicyclic amines) is 1. The zero-order valence-electron chi connectivity index (χ0n) is 13.8. The van der Waals surface area contributed by atoms with E-state index in [4.69, 9.17) is 9.47 Å². The monoisotopic (exact) mass is 305 g/mol. The molecule has 0 aliphatic carbocycles. The van der Waals surface area contributed by atoms with E-state index >= 15 is 0 Å². The number of carbonyl (C=O) groups is 1. The van der Waals surface area contributed by atoms with Gasteiger partial charge in [-0.2, -0.15) is 0 Å². The number of rotatable bonds is 8. The zero-order chi connectivity index (χ0) is 15.8. The van der Waals surface area contributed by atoms with Crippen molar-refractivity contribution in [2.45, 2.75) is 39.5 Å². The molecule has 1 aliphatic heterocycles. The van der Waals surface area contributed by atoms with E-state index in [0.717, 1.165) is 43.8 Å². The van der Waals surface area contributed by atoms with Gasteiger partial charge in [0.05, 0.1) is 12.2 Å². The van der Waals surface area contributed by atoms with Crippen LogP contribution in [0.4, 0.5) is 0 Å². The molecule has 122 valence electrons. The van der Waals surface area contributed by atoms with Crippen molar-refractivity contribution in [3.63, 3.8) is 0 Å². The summed E-state index contributed by atoms with van der Waals surface area (Å²) in [4.78, 5) is 14.6. The molecule has 2 rings (SSSR count). The van der Waals surface area contributed by atoms with Crippen LogP contribution in [0.1, 0.15) is 48.5 Å². The molecule has 0 N–H and O–H groups in total. The zero-order valence-corrected chi connectivity index (χ0v) is 13.8. The molecule has 0 amide bonds. The van der Waals surface area contributed by atoms with Crippen LogP contribution in [-0.2, 0) is 4.74 Å². The van der Waals surface area contributed by atoms with E-state index in [0.29, 0.717) is 18.8 Å². The first-order chi connectivity index (χ1) is 10.7. The molecule has 0 saturated carbocycles. The average molecular weight is 305 g/mol. The van der Waals surface area contributed by atoms with Gasteiger partial charge in [0, 0.05) is 12.1 Å². The molecular formula is C18H27NO3. The molecule has 1 heterocycles. The molecule has 22 heavy (non-hydrogen) atoms. The van der Waals surface area contributed by atoms with E-state index in [9.17, 15) is 4.79 Å². The van der Waals surface area contributed by atoms with Gasteiger partial charge in [-0.05, 0) is 51.4 Å². The lowest BCUT2D eigenvalue weighted by molar-refractivity contribution is 0.0471. The lowest BCUT2D eigenvalue weighted by Gasteiger charge is -2.15. The van der Waals surface area contributed by atoms with E-state index in [1.807, 2.05) is 19.1 Å². The number of ether oxygens (including phenoxy) is 2. The molecule has 1 aliphatic rings. The van der Waals surface area contributed by atoms with E-state index in [-0.39, 0.29) is 5.97 Å². The molecule has 4 heteroatoms. The Bertz CT molecular complexity index is 481. The Kier molecular flexibility index (Phi) is 6.72. The molecule has 0 radical (unpaired) electrons. The Morgan fingerprint density at radius 2 is 2.00 bits per heavy atom. The Morgan fingerprint density at radius 3 is 2.73 bits per heavy atom. The third-order valence-corrected chi connectivity index (χ3v) is 4.10. The molecule has 0 spiro atoms. The highest BCUT2D eigenvalue weighted by molar-refractivity contribution is 5.91. The van der Waals surface area contributed by atoms with Crippen molar-refractivity contribution in [3.8, 4) is 5.75 Å². The fraction of sp³-hybridized carbons (Fsp3) is 0.611. The van der Waals surface area contributed by atoms with Gasteiger partial charge >= 0.3 is 5.97 Å². The van der Waals surface area contributed by atoms with E-state index in [2.05, 4.69) is 11.8 Å². The molecule has 0 aromatic heterocycles. The van der Waals surface area contributed by atoms with Crippen LogP contribution in [-0.4, -0.2) is 43.7 Å². The van der Waals surface area contributed by atoms with Gasteiger partial charge in [0.25, 0.3) is 0 Å². The molecular weight excluding hydrogens is 278 g/mol. The van der Waals surface area contributed by atoms with E-state index < -0.39 is 0 Å². The summed E-state index contributed by atoms with van der Waals surface area (Å²) in [7, 11) is 0. The van der Waals surface area contributed by atoms with Crippen LogP contribution in [0, 0.1) is 6.92 Å². The van der Waals surface area contributed by atoms with Gasteiger partial charge in [-0.1, -0.05) is 19.4 Å². The van der Waals surface area contributed by atoms with Crippen molar-refractivity contribution in [2.75, 3.05) is 32.8 Å². The Hall–Kier alpha value is -1.55. The average Bonchev–Trinajstić information content (AvgIpc) is 3.02. The first-order valence-electron chi connectivity index (χ1n) is 8.34. The second-order valence-electron chi connectivity index (χ2n) is 5.82. The molecule has 0 atom stereocenters. The van der Waals surface area contributed by atoms with Gasteiger partial charge in [-0.25, -0.2) is 4.79 Å². The summed E-state index contributed by atoms with van der Waals surface area (Å²) in [6, 6.07) is 5.57. The van der Waals surface area contributed by atoms with Crippen LogP contribution in [0.5, 0.6) is 5.75 Å². The summed E-state index contributed by atoms with van der Waals surface area (Å²) in [5, 5.41) is 0. The van der Waals surface area contributed by atoms with E-state index in [1.54, 1.807) is 6.07 Å². The topological polar surface area (TPSA) is 38.8 Å². The van der Waals surface area contributed by atoms with Crippen molar-refractivity contribution < 1.29 is 14.3 Å². The van der Waals surface area contributed by atoms with Crippen molar-refractivity contribution >= 4 is 5.97 Å². The molecule has 4 nitrogen and oxygen atoms in total. The number of nitrogens with zero attached hydrogens (tertiary/aromatic N) is 1. The van der Waals surface area contributed by atoms with E-state index in [1.165, 1.54) is 12.8 Å². The van der Waals surface area contributed by atoms with Crippen LogP contribution in [0.3, 0.4) is 0 Å². The number of hydrogen-bond acceptors (Lipinski definition) is 4. The van der Waals surface area contributed by atoms with Crippen LogP contribution in [0.15, 0.2) is 18.2 Å². The fourth-order valence-electron chi connectivity index (χ4n) is 2.67. The second kappa shape index (κ2) is 8.79. The maximum atomic E-state index is 12.2. The quantitative estimate of drug-likeness (QED) is 0.545. The molecule has 1 fully saturated rings. The van der Waals surface area contributed by atoms with Gasteiger partial charge in [0.1, 0.15) is 12.4 Å². The second-order valence-corrected chi connectivity index (χ2v) is 5.82. The minimum atomic E-state index is -0.252. The Labute approximate surface area is 133 Å². The van der Waals surface area contributed by atoms with Crippen LogP contribution in [0.25, 0.3) is 0 Å². The van der Waals surface area contributed by atoms with Gasteiger partial charge in [0.2, 0.25) is 0 Å². The first kappa shape index (κ1) is 16.8. The van der Waals surface area contributed by atoms with Crippen molar-refractivity contribution in [2.24, 2.45) is 0 Å². The molecule has 1 aromatic rings. The number of esters is 1. The van der Waals surface area contributed by atoms with Crippen molar-refractivity contribution in [1.29, 1.82) is 0 Å². The number of hydrogen-bond donors (Lipinski definition) is 0. The Balaban J connectivity index is 1.86. The highest BCUT2D eigenvalue weighted by Crippen LogP contribution is 2.22. The third-order valence-electron chi connectivity index (χ3n) is 4.10. The molecule has 1 saturated heterocycles. The largest absolute Gasteiger partial charge is 0.493 e. The maximum Gasteiger partial charge on any atom is 0.338 e. The van der Waals surface area contributed by atoms with Crippen LogP contribution in [0.2, 0.25) is 0 Å². The van der Waals surface area contributed by atoms with Crippen molar-refractivity contribution in [3.05, 3.63) is 29.3 Å². The SMILES string of the molecule is CCCCOc1cccc(C(=O)OCCN2CCCC2)c1C. The number of unbranched alkanes of at least 4 members (excludes halogenated alkanes) is 1. The fourth-order valence-corrected chi connectivity index (χ4v) is 2.67. The summed E-state index contributed by atoms with van der Waals surface area (Å²) in [6.45, 7) is 8.26. The van der Waals surface area contributed by atoms with Gasteiger partial charge < -0.3 is 9.47 Å². The highest BCUT2D eigenvalue weighted by atomic mass is 16.5.